The average molecular weight is 243 g/mol. The lowest BCUT2D eigenvalue weighted by Crippen LogP contribution is -2.02. The Hall–Kier alpha value is -1.92. The fourth-order valence-corrected chi connectivity index (χ4v) is 1.03. The summed E-state index contributed by atoms with van der Waals surface area (Å²) in [5.41, 5.74) is 1.83. The zero-order valence-electron chi connectivity index (χ0n) is 8.60. The van der Waals surface area contributed by atoms with Gasteiger partial charge in [-0.1, -0.05) is 12.1 Å². The summed E-state index contributed by atoms with van der Waals surface area (Å²) < 4.78 is 39.0. The highest BCUT2D eigenvalue weighted by Crippen LogP contribution is 2.10. The highest BCUT2D eigenvalue weighted by molar-refractivity contribution is 6.50. The summed E-state index contributed by atoms with van der Waals surface area (Å²) >= 11 is 0. The summed E-state index contributed by atoms with van der Waals surface area (Å²) in [7, 11) is -6.00. The minimum Gasteiger partial charge on any atom is -0.418 e. The van der Waals surface area contributed by atoms with Crippen molar-refractivity contribution in [3.63, 3.8) is 0 Å². The Bertz CT molecular complexity index is 390. The van der Waals surface area contributed by atoms with E-state index in [-0.39, 0.29) is 0 Å². The van der Waals surface area contributed by atoms with E-state index in [1.165, 1.54) is 0 Å². The molecule has 0 unspecified atom stereocenters. The quantitative estimate of drug-likeness (QED) is 0.566. The number of pyridine rings is 2. The van der Waals surface area contributed by atoms with E-state index in [4.69, 9.17) is 0 Å². The zero-order valence-corrected chi connectivity index (χ0v) is 8.60. The Labute approximate surface area is 95.5 Å². The summed E-state index contributed by atoms with van der Waals surface area (Å²) in [4.78, 5) is 8.37. The van der Waals surface area contributed by atoms with Crippen molar-refractivity contribution in [2.24, 2.45) is 0 Å². The Balaban J connectivity index is 0.000000249. The normalized spacial score (nSPS) is 10.4. The fraction of sp³-hybridized carbons (Fsp3) is 0. The van der Waals surface area contributed by atoms with Crippen LogP contribution in [0.5, 0.6) is 0 Å². The van der Waals surface area contributed by atoms with Gasteiger partial charge >= 0.3 is 7.25 Å². The molecule has 0 radical (unpaired) electrons. The highest BCUT2D eigenvalue weighted by Gasteiger charge is 2.20. The Morgan fingerprint density at radius 3 is 1.29 bits per heavy atom. The Morgan fingerprint density at radius 2 is 1.06 bits per heavy atom. The van der Waals surface area contributed by atoms with Gasteiger partial charge in [0.1, 0.15) is 0 Å². The molecule has 0 aliphatic carbocycles. The SMILES string of the molecule is F[B-](F)(F)F.c1ccc(-c2ccccn2)nc1. The van der Waals surface area contributed by atoms with E-state index in [0.29, 0.717) is 0 Å². The molecule has 2 heterocycles. The maximum absolute atomic E-state index is 9.75. The van der Waals surface area contributed by atoms with Gasteiger partial charge in [0.15, 0.2) is 0 Å². The standard InChI is InChI=1S/C10H8N2.BF4/c1-3-7-11-9(5-1)10-6-2-4-8-12-10;2-1(3,4)5/h1-8H;/q;-1. The maximum Gasteiger partial charge on any atom is 0.673 e. The molecule has 0 saturated heterocycles. The molecular weight excluding hydrogens is 235 g/mol. The first-order valence-electron chi connectivity index (χ1n) is 4.66. The zero-order chi connectivity index (χ0) is 12.7. The first kappa shape index (κ1) is 13.2. The van der Waals surface area contributed by atoms with Gasteiger partial charge in [0.2, 0.25) is 0 Å². The van der Waals surface area contributed by atoms with Gasteiger partial charge in [-0.25, -0.2) is 0 Å². The summed E-state index contributed by atoms with van der Waals surface area (Å²) in [6.45, 7) is 0. The van der Waals surface area contributed by atoms with Gasteiger partial charge in [-0.05, 0) is 24.3 Å². The summed E-state index contributed by atoms with van der Waals surface area (Å²) in [6.07, 6.45) is 3.54. The molecule has 2 rings (SSSR count). The van der Waals surface area contributed by atoms with Gasteiger partial charge in [0.05, 0.1) is 11.4 Å². The van der Waals surface area contributed by atoms with Crippen molar-refractivity contribution in [3.05, 3.63) is 48.8 Å². The third kappa shape index (κ3) is 6.29. The van der Waals surface area contributed by atoms with Crippen LogP contribution in [0.15, 0.2) is 48.8 Å². The van der Waals surface area contributed by atoms with Crippen molar-refractivity contribution in [2.45, 2.75) is 0 Å². The van der Waals surface area contributed by atoms with E-state index in [2.05, 4.69) is 9.97 Å². The number of nitrogens with zero attached hydrogens (tertiary/aromatic N) is 2. The Kier molecular flexibility index (Phi) is 4.62. The molecule has 0 bridgehead atoms. The fourth-order valence-electron chi connectivity index (χ4n) is 1.03. The van der Waals surface area contributed by atoms with E-state index in [0.717, 1.165) is 11.4 Å². The van der Waals surface area contributed by atoms with Gasteiger partial charge in [-0.15, -0.1) is 0 Å². The minimum absolute atomic E-state index is 0.915. The van der Waals surface area contributed by atoms with Crippen molar-refractivity contribution < 1.29 is 17.3 Å². The van der Waals surface area contributed by atoms with E-state index < -0.39 is 7.25 Å². The van der Waals surface area contributed by atoms with E-state index in [1.807, 2.05) is 36.4 Å². The minimum atomic E-state index is -6.00. The largest absolute Gasteiger partial charge is 0.673 e. The van der Waals surface area contributed by atoms with Crippen LogP contribution in [0.4, 0.5) is 17.3 Å². The Morgan fingerprint density at radius 1 is 0.706 bits per heavy atom. The van der Waals surface area contributed by atoms with E-state index >= 15 is 0 Å². The van der Waals surface area contributed by atoms with Crippen LogP contribution in [0.2, 0.25) is 0 Å². The first-order chi connectivity index (χ1) is 7.97. The molecule has 7 heteroatoms. The van der Waals surface area contributed by atoms with Crippen molar-refractivity contribution in [1.29, 1.82) is 0 Å². The van der Waals surface area contributed by atoms with Crippen molar-refractivity contribution in [2.75, 3.05) is 0 Å². The second kappa shape index (κ2) is 5.98. The van der Waals surface area contributed by atoms with Crippen LogP contribution < -0.4 is 0 Å². The van der Waals surface area contributed by atoms with Gasteiger partial charge in [0, 0.05) is 12.4 Å². The number of halogens is 4. The van der Waals surface area contributed by atoms with Crippen molar-refractivity contribution >= 4 is 7.25 Å². The smallest absolute Gasteiger partial charge is 0.418 e. The predicted octanol–water partition coefficient (Wildman–Crippen LogP) is 3.44. The molecule has 0 fully saturated rings. The summed E-state index contributed by atoms with van der Waals surface area (Å²) in [5, 5.41) is 0. The van der Waals surface area contributed by atoms with Gasteiger partial charge < -0.3 is 17.3 Å². The molecule has 0 spiro atoms. The third-order valence-electron chi connectivity index (χ3n) is 1.59. The van der Waals surface area contributed by atoms with Crippen LogP contribution in [0.25, 0.3) is 11.4 Å². The van der Waals surface area contributed by atoms with Crippen molar-refractivity contribution in [3.8, 4) is 11.4 Å². The molecule has 2 nitrogen and oxygen atoms in total. The highest BCUT2D eigenvalue weighted by atomic mass is 19.5. The van der Waals surface area contributed by atoms with Crippen LogP contribution in [0.3, 0.4) is 0 Å². The first-order valence-corrected chi connectivity index (χ1v) is 4.66. The number of hydrogen-bond acceptors (Lipinski definition) is 2. The molecule has 0 saturated carbocycles. The lowest BCUT2D eigenvalue weighted by Gasteiger charge is -1.96. The molecule has 17 heavy (non-hydrogen) atoms. The third-order valence-corrected chi connectivity index (χ3v) is 1.59. The number of hydrogen-bond donors (Lipinski definition) is 0. The topological polar surface area (TPSA) is 25.8 Å². The van der Waals surface area contributed by atoms with Crippen LogP contribution in [0, 0.1) is 0 Å². The molecule has 0 aliphatic rings. The monoisotopic (exact) mass is 243 g/mol. The van der Waals surface area contributed by atoms with Gasteiger partial charge in [-0.2, -0.15) is 0 Å². The predicted molar refractivity (Wildman–Crippen MR) is 57.7 cm³/mol. The van der Waals surface area contributed by atoms with Gasteiger partial charge in [0.25, 0.3) is 0 Å². The average Bonchev–Trinajstić information content (AvgIpc) is 2.29. The molecule has 0 aromatic carbocycles. The molecule has 90 valence electrons. The van der Waals surface area contributed by atoms with Crippen molar-refractivity contribution in [1.82, 2.24) is 9.97 Å². The molecule has 2 aromatic rings. The molecular formula is C10H8BF4N2-. The molecule has 0 N–H and O–H groups in total. The number of aromatic nitrogens is 2. The van der Waals surface area contributed by atoms with Crippen LogP contribution in [0.1, 0.15) is 0 Å². The molecule has 0 aliphatic heterocycles. The second-order valence-electron chi connectivity index (χ2n) is 2.92. The van der Waals surface area contributed by atoms with E-state index in [1.54, 1.807) is 12.4 Å². The molecule has 2 aromatic heterocycles. The maximum atomic E-state index is 9.75. The van der Waals surface area contributed by atoms with Gasteiger partial charge in [-0.3, -0.25) is 9.97 Å². The molecule has 0 atom stereocenters. The summed E-state index contributed by atoms with van der Waals surface area (Å²) in [6, 6.07) is 11.6. The lowest BCUT2D eigenvalue weighted by atomic mass is 10.2. The van der Waals surface area contributed by atoms with Crippen LogP contribution in [-0.4, -0.2) is 17.2 Å². The van der Waals surface area contributed by atoms with Crippen LogP contribution >= 0.6 is 0 Å². The number of rotatable bonds is 1. The van der Waals surface area contributed by atoms with Crippen LogP contribution in [-0.2, 0) is 0 Å². The summed E-state index contributed by atoms with van der Waals surface area (Å²) in [5.74, 6) is 0. The second-order valence-corrected chi connectivity index (χ2v) is 2.92. The molecule has 0 amide bonds. The van der Waals surface area contributed by atoms with E-state index in [9.17, 15) is 17.3 Å². The lowest BCUT2D eigenvalue weighted by molar-refractivity contribution is 0.368.